The van der Waals surface area contributed by atoms with Crippen LogP contribution in [0.25, 0.3) is 0 Å². The zero-order valence-electron chi connectivity index (χ0n) is 7.39. The maximum absolute atomic E-state index is 5.54. The summed E-state index contributed by atoms with van der Waals surface area (Å²) in [4.78, 5) is 11.9. The van der Waals surface area contributed by atoms with Gasteiger partial charge in [-0.3, -0.25) is 4.98 Å². The molecule has 0 spiro atoms. The first kappa shape index (κ1) is 10.7. The van der Waals surface area contributed by atoms with E-state index in [-0.39, 0.29) is 0 Å². The lowest BCUT2D eigenvalue weighted by Crippen LogP contribution is -1.92. The first-order valence-electron chi connectivity index (χ1n) is 3.99. The van der Waals surface area contributed by atoms with Crippen LogP contribution in [0.15, 0.2) is 35.5 Å². The van der Waals surface area contributed by atoms with Crippen molar-refractivity contribution >= 4 is 38.5 Å². The molecule has 6 heteroatoms. The second kappa shape index (κ2) is 4.84. The highest BCUT2D eigenvalue weighted by Crippen LogP contribution is 2.24. The molecule has 0 atom stereocenters. The topological polar surface area (TPSA) is 47.9 Å². The molecule has 0 N–H and O–H groups in total. The monoisotopic (exact) mass is 377 g/mol. The zero-order valence-corrected chi connectivity index (χ0v) is 11.1. The lowest BCUT2D eigenvalue weighted by molar-refractivity contribution is 0.455. The number of nitrogens with zero attached hydrogens (tertiary/aromatic N) is 3. The Hall–Kier alpha value is -0.760. The molecule has 76 valence electrons. The van der Waals surface area contributed by atoms with Crippen LogP contribution in [0.3, 0.4) is 0 Å². The lowest BCUT2D eigenvalue weighted by atomic mass is 10.5. The summed E-state index contributed by atoms with van der Waals surface area (Å²) in [5, 5.41) is 0. The normalized spacial score (nSPS) is 10.0. The molecule has 0 aliphatic rings. The Balaban J connectivity index is 2.26. The molecular weight excluding hydrogens is 373 g/mol. The maximum Gasteiger partial charge on any atom is 0.235 e. The Bertz CT molecular complexity index is 480. The quantitative estimate of drug-likeness (QED) is 0.755. The molecule has 2 aromatic rings. The van der Waals surface area contributed by atoms with Gasteiger partial charge in [-0.2, -0.15) is 0 Å². The second-order valence-electron chi connectivity index (χ2n) is 2.62. The molecule has 2 rings (SSSR count). The fourth-order valence-corrected chi connectivity index (χ4v) is 1.69. The zero-order chi connectivity index (χ0) is 10.7. The molecule has 0 bridgehead atoms. The number of aromatic nitrogens is 3. The van der Waals surface area contributed by atoms with Crippen LogP contribution in [-0.2, 0) is 0 Å². The van der Waals surface area contributed by atoms with Crippen LogP contribution in [0.1, 0.15) is 0 Å². The predicted molar refractivity (Wildman–Crippen MR) is 66.8 cm³/mol. The standard InChI is InChI=1S/C9H5BrIN3O/c10-6-1-7(3-12-2-6)15-9-8(11)4-13-5-14-9/h1-5H. The average molecular weight is 378 g/mol. The Kier molecular flexibility index (Phi) is 3.47. The van der Waals surface area contributed by atoms with Crippen molar-refractivity contribution < 1.29 is 4.74 Å². The molecule has 0 unspecified atom stereocenters. The Morgan fingerprint density at radius 1 is 1.20 bits per heavy atom. The summed E-state index contributed by atoms with van der Waals surface area (Å²) >= 11 is 5.43. The van der Waals surface area contributed by atoms with E-state index < -0.39 is 0 Å². The van der Waals surface area contributed by atoms with Crippen LogP contribution in [0.2, 0.25) is 0 Å². The van der Waals surface area contributed by atoms with Gasteiger partial charge in [-0.05, 0) is 44.6 Å². The molecule has 0 radical (unpaired) electrons. The van der Waals surface area contributed by atoms with Crippen molar-refractivity contribution in [3.63, 3.8) is 0 Å². The first-order valence-corrected chi connectivity index (χ1v) is 5.87. The molecule has 0 aliphatic heterocycles. The fraction of sp³-hybridized carbons (Fsp3) is 0. The second-order valence-corrected chi connectivity index (χ2v) is 4.69. The van der Waals surface area contributed by atoms with Gasteiger partial charge in [-0.15, -0.1) is 0 Å². The van der Waals surface area contributed by atoms with Crippen molar-refractivity contribution in [3.05, 3.63) is 39.0 Å². The van der Waals surface area contributed by atoms with E-state index in [2.05, 4.69) is 53.5 Å². The number of pyridine rings is 1. The van der Waals surface area contributed by atoms with Crippen molar-refractivity contribution in [2.24, 2.45) is 0 Å². The Morgan fingerprint density at radius 2 is 2.07 bits per heavy atom. The fourth-order valence-electron chi connectivity index (χ4n) is 0.936. The van der Waals surface area contributed by atoms with Crippen LogP contribution in [0.4, 0.5) is 0 Å². The van der Waals surface area contributed by atoms with Gasteiger partial charge in [0.15, 0.2) is 0 Å². The van der Waals surface area contributed by atoms with Crippen molar-refractivity contribution in [1.82, 2.24) is 15.0 Å². The van der Waals surface area contributed by atoms with E-state index in [1.165, 1.54) is 6.33 Å². The number of halogens is 2. The molecule has 0 aromatic carbocycles. The van der Waals surface area contributed by atoms with E-state index >= 15 is 0 Å². The smallest absolute Gasteiger partial charge is 0.235 e. The highest BCUT2D eigenvalue weighted by molar-refractivity contribution is 14.1. The third-order valence-corrected chi connectivity index (χ3v) is 2.70. The van der Waals surface area contributed by atoms with Gasteiger partial charge in [0, 0.05) is 16.9 Å². The van der Waals surface area contributed by atoms with Gasteiger partial charge in [0.2, 0.25) is 5.88 Å². The summed E-state index contributed by atoms with van der Waals surface area (Å²) in [5.74, 6) is 1.17. The summed E-state index contributed by atoms with van der Waals surface area (Å²) in [7, 11) is 0. The molecule has 15 heavy (non-hydrogen) atoms. The molecular formula is C9H5BrIN3O. The minimum absolute atomic E-state index is 0.533. The van der Waals surface area contributed by atoms with Gasteiger partial charge >= 0.3 is 0 Å². The van der Waals surface area contributed by atoms with Gasteiger partial charge in [-0.25, -0.2) is 9.97 Å². The highest BCUT2D eigenvalue weighted by atomic mass is 127. The molecule has 0 amide bonds. The molecule has 4 nitrogen and oxygen atoms in total. The molecule has 0 saturated heterocycles. The van der Waals surface area contributed by atoms with Gasteiger partial charge in [0.1, 0.15) is 12.1 Å². The van der Waals surface area contributed by atoms with E-state index in [0.717, 1.165) is 8.04 Å². The average Bonchev–Trinajstić information content (AvgIpc) is 2.22. The van der Waals surface area contributed by atoms with Crippen molar-refractivity contribution in [2.75, 3.05) is 0 Å². The SMILES string of the molecule is Brc1cncc(Oc2ncncc2I)c1. The van der Waals surface area contributed by atoms with Crippen molar-refractivity contribution in [2.45, 2.75) is 0 Å². The number of ether oxygens (including phenoxy) is 1. The third-order valence-electron chi connectivity index (χ3n) is 1.53. The summed E-state index contributed by atoms with van der Waals surface area (Å²) in [6.45, 7) is 0. The minimum atomic E-state index is 0.533. The summed E-state index contributed by atoms with van der Waals surface area (Å²) in [5.41, 5.74) is 0. The molecule has 0 aliphatic carbocycles. The van der Waals surface area contributed by atoms with Crippen LogP contribution < -0.4 is 4.74 Å². The van der Waals surface area contributed by atoms with E-state index in [0.29, 0.717) is 11.6 Å². The lowest BCUT2D eigenvalue weighted by Gasteiger charge is -2.04. The summed E-state index contributed by atoms with van der Waals surface area (Å²) in [6.07, 6.45) is 6.46. The van der Waals surface area contributed by atoms with E-state index in [9.17, 15) is 0 Å². The summed E-state index contributed by atoms with van der Waals surface area (Å²) in [6, 6.07) is 1.82. The largest absolute Gasteiger partial charge is 0.436 e. The van der Waals surface area contributed by atoms with Gasteiger partial charge in [0.25, 0.3) is 0 Å². The molecule has 0 fully saturated rings. The van der Waals surface area contributed by atoms with Crippen LogP contribution in [0, 0.1) is 3.57 Å². The summed E-state index contributed by atoms with van der Waals surface area (Å²) < 4.78 is 7.26. The van der Waals surface area contributed by atoms with Crippen molar-refractivity contribution in [3.8, 4) is 11.6 Å². The Labute approximate surface area is 108 Å². The van der Waals surface area contributed by atoms with E-state index in [4.69, 9.17) is 4.74 Å². The maximum atomic E-state index is 5.54. The van der Waals surface area contributed by atoms with E-state index in [1.54, 1.807) is 18.6 Å². The van der Waals surface area contributed by atoms with Gasteiger partial charge in [0.05, 0.1) is 9.77 Å². The number of rotatable bonds is 2. The molecule has 2 heterocycles. The van der Waals surface area contributed by atoms with E-state index in [1.807, 2.05) is 6.07 Å². The van der Waals surface area contributed by atoms with Crippen molar-refractivity contribution in [1.29, 1.82) is 0 Å². The molecule has 0 saturated carbocycles. The highest BCUT2D eigenvalue weighted by Gasteiger charge is 2.04. The van der Waals surface area contributed by atoms with Gasteiger partial charge in [-0.1, -0.05) is 0 Å². The first-order chi connectivity index (χ1) is 7.25. The van der Waals surface area contributed by atoms with Crippen LogP contribution >= 0.6 is 38.5 Å². The third kappa shape index (κ3) is 2.85. The number of hydrogen-bond donors (Lipinski definition) is 0. The Morgan fingerprint density at radius 3 is 2.80 bits per heavy atom. The predicted octanol–water partition coefficient (Wildman–Crippen LogP) is 3.03. The number of hydrogen-bond acceptors (Lipinski definition) is 4. The van der Waals surface area contributed by atoms with Crippen LogP contribution in [0.5, 0.6) is 11.6 Å². The molecule has 2 aromatic heterocycles. The van der Waals surface area contributed by atoms with Crippen LogP contribution in [-0.4, -0.2) is 15.0 Å². The minimum Gasteiger partial charge on any atom is -0.436 e. The van der Waals surface area contributed by atoms with Gasteiger partial charge < -0.3 is 4.74 Å².